The average molecular weight is 328 g/mol. The summed E-state index contributed by atoms with van der Waals surface area (Å²) < 4.78 is 6.44. The maximum Gasteiger partial charge on any atom is 0.254 e. The van der Waals surface area contributed by atoms with Crippen molar-refractivity contribution in [3.63, 3.8) is 0 Å². The number of nitrogens with zero attached hydrogens (tertiary/aromatic N) is 1. The number of benzene rings is 1. The summed E-state index contributed by atoms with van der Waals surface area (Å²) in [5, 5.41) is 9.21. The van der Waals surface area contributed by atoms with Crippen LogP contribution in [0.25, 0.3) is 0 Å². The third kappa shape index (κ3) is 3.35. The van der Waals surface area contributed by atoms with Crippen molar-refractivity contribution in [3.8, 4) is 0 Å². The van der Waals surface area contributed by atoms with Crippen LogP contribution in [0.4, 0.5) is 0 Å². The van der Waals surface area contributed by atoms with E-state index in [2.05, 4.69) is 15.9 Å². The van der Waals surface area contributed by atoms with E-state index in [1.807, 2.05) is 32.0 Å². The van der Waals surface area contributed by atoms with Gasteiger partial charge in [0, 0.05) is 23.1 Å². The molecule has 0 radical (unpaired) electrons. The molecule has 0 aromatic heterocycles. The van der Waals surface area contributed by atoms with Crippen molar-refractivity contribution in [2.45, 2.75) is 26.1 Å². The van der Waals surface area contributed by atoms with Crippen molar-refractivity contribution in [3.05, 3.63) is 33.8 Å². The number of morpholine rings is 1. The second-order valence-corrected chi connectivity index (χ2v) is 5.84. The Labute approximate surface area is 121 Å². The van der Waals surface area contributed by atoms with Gasteiger partial charge in [-0.1, -0.05) is 22.0 Å². The quantitative estimate of drug-likeness (QED) is 0.903. The lowest BCUT2D eigenvalue weighted by Gasteiger charge is -2.36. The lowest BCUT2D eigenvalue weighted by Crippen LogP contribution is -2.50. The second kappa shape index (κ2) is 6.03. The molecule has 1 aromatic rings. The lowest BCUT2D eigenvalue weighted by molar-refractivity contribution is -0.0858. The number of amides is 1. The summed E-state index contributed by atoms with van der Waals surface area (Å²) in [6, 6.07) is 5.68. The Kier molecular flexibility index (Phi) is 4.60. The van der Waals surface area contributed by atoms with Crippen LogP contribution in [-0.2, 0) is 4.74 Å². The molecule has 2 rings (SSSR count). The molecule has 5 heteroatoms. The fourth-order valence-electron chi connectivity index (χ4n) is 2.31. The molecule has 1 N–H and O–H groups in total. The fraction of sp³-hybridized carbons (Fsp3) is 0.500. The second-order valence-electron chi connectivity index (χ2n) is 4.92. The van der Waals surface area contributed by atoms with Gasteiger partial charge in [0.1, 0.15) is 0 Å². The van der Waals surface area contributed by atoms with Gasteiger partial charge in [-0.2, -0.15) is 0 Å². The Morgan fingerprint density at radius 2 is 2.26 bits per heavy atom. The highest BCUT2D eigenvalue weighted by atomic mass is 79.9. The maximum atomic E-state index is 12.5. The maximum absolute atomic E-state index is 12.5. The van der Waals surface area contributed by atoms with Gasteiger partial charge in [0.25, 0.3) is 5.91 Å². The average Bonchev–Trinajstić information content (AvgIpc) is 2.40. The van der Waals surface area contributed by atoms with Crippen LogP contribution < -0.4 is 0 Å². The van der Waals surface area contributed by atoms with E-state index in [0.717, 1.165) is 10.0 Å². The van der Waals surface area contributed by atoms with E-state index in [1.165, 1.54) is 0 Å². The predicted octanol–water partition coefficient (Wildman–Crippen LogP) is 1.98. The first-order valence-corrected chi connectivity index (χ1v) is 7.12. The van der Waals surface area contributed by atoms with Gasteiger partial charge in [-0.3, -0.25) is 4.79 Å². The Morgan fingerprint density at radius 3 is 2.95 bits per heavy atom. The van der Waals surface area contributed by atoms with Gasteiger partial charge in [0.2, 0.25) is 0 Å². The highest BCUT2D eigenvalue weighted by Crippen LogP contribution is 2.20. The number of ether oxygens (including phenoxy) is 1. The topological polar surface area (TPSA) is 49.8 Å². The molecule has 2 unspecified atom stereocenters. The van der Waals surface area contributed by atoms with Gasteiger partial charge in [-0.25, -0.2) is 0 Å². The van der Waals surface area contributed by atoms with Gasteiger partial charge < -0.3 is 14.7 Å². The van der Waals surface area contributed by atoms with Crippen LogP contribution in [0.1, 0.15) is 22.8 Å². The largest absolute Gasteiger partial charge is 0.394 e. The van der Waals surface area contributed by atoms with Crippen LogP contribution in [-0.4, -0.2) is 47.8 Å². The van der Waals surface area contributed by atoms with Gasteiger partial charge in [0.15, 0.2) is 0 Å². The smallest absolute Gasteiger partial charge is 0.254 e. The third-order valence-corrected chi connectivity index (χ3v) is 3.74. The molecule has 1 aromatic carbocycles. The van der Waals surface area contributed by atoms with Crippen molar-refractivity contribution in [2.24, 2.45) is 0 Å². The Balaban J connectivity index is 2.21. The minimum atomic E-state index is -0.292. The minimum Gasteiger partial charge on any atom is -0.394 e. The zero-order chi connectivity index (χ0) is 14.0. The van der Waals surface area contributed by atoms with Crippen molar-refractivity contribution in [1.82, 2.24) is 4.90 Å². The van der Waals surface area contributed by atoms with E-state index < -0.39 is 0 Å². The minimum absolute atomic E-state index is 0.00704. The molecule has 0 aliphatic carbocycles. The molecule has 1 aliphatic rings. The van der Waals surface area contributed by atoms with Crippen LogP contribution in [0.5, 0.6) is 0 Å². The SMILES string of the molecule is Cc1ccc(Br)cc1C(=O)N1CC(C)OC(CO)C1. The Morgan fingerprint density at radius 1 is 1.53 bits per heavy atom. The molecular weight excluding hydrogens is 310 g/mol. The van der Waals surface area contributed by atoms with E-state index in [0.29, 0.717) is 18.7 Å². The number of rotatable bonds is 2. The summed E-state index contributed by atoms with van der Waals surface area (Å²) >= 11 is 3.39. The lowest BCUT2D eigenvalue weighted by atomic mass is 10.1. The van der Waals surface area contributed by atoms with Crippen LogP contribution in [0.2, 0.25) is 0 Å². The van der Waals surface area contributed by atoms with E-state index in [1.54, 1.807) is 4.90 Å². The first-order valence-electron chi connectivity index (χ1n) is 6.33. The van der Waals surface area contributed by atoms with Crippen LogP contribution in [0.15, 0.2) is 22.7 Å². The molecule has 0 spiro atoms. The van der Waals surface area contributed by atoms with Crippen molar-refractivity contribution in [1.29, 1.82) is 0 Å². The first kappa shape index (κ1) is 14.5. The van der Waals surface area contributed by atoms with Crippen LogP contribution in [0.3, 0.4) is 0 Å². The molecule has 2 atom stereocenters. The number of halogens is 1. The molecule has 4 nitrogen and oxygen atoms in total. The zero-order valence-electron chi connectivity index (χ0n) is 11.1. The zero-order valence-corrected chi connectivity index (χ0v) is 12.7. The third-order valence-electron chi connectivity index (χ3n) is 3.25. The molecular formula is C14H18BrNO3. The Bertz CT molecular complexity index is 478. The van der Waals surface area contributed by atoms with E-state index in [9.17, 15) is 9.90 Å². The fourth-order valence-corrected chi connectivity index (χ4v) is 2.67. The van der Waals surface area contributed by atoms with Crippen molar-refractivity contribution >= 4 is 21.8 Å². The molecule has 0 saturated carbocycles. The highest BCUT2D eigenvalue weighted by molar-refractivity contribution is 9.10. The van der Waals surface area contributed by atoms with Gasteiger partial charge >= 0.3 is 0 Å². The van der Waals surface area contributed by atoms with Gasteiger partial charge in [0.05, 0.1) is 18.8 Å². The first-order chi connectivity index (χ1) is 9.01. The van der Waals surface area contributed by atoms with Gasteiger partial charge in [-0.05, 0) is 31.5 Å². The molecule has 1 amide bonds. The molecule has 1 fully saturated rings. The normalized spacial score (nSPS) is 23.5. The summed E-state index contributed by atoms with van der Waals surface area (Å²) in [6.07, 6.45) is -0.345. The molecule has 1 saturated heterocycles. The monoisotopic (exact) mass is 327 g/mol. The molecule has 1 heterocycles. The van der Waals surface area contributed by atoms with Crippen LogP contribution in [0, 0.1) is 6.92 Å². The van der Waals surface area contributed by atoms with E-state index in [-0.39, 0.29) is 24.7 Å². The summed E-state index contributed by atoms with van der Waals surface area (Å²) in [7, 11) is 0. The molecule has 104 valence electrons. The Hall–Kier alpha value is -0.910. The number of aliphatic hydroxyl groups excluding tert-OH is 1. The van der Waals surface area contributed by atoms with E-state index in [4.69, 9.17) is 4.74 Å². The number of hydrogen-bond donors (Lipinski definition) is 1. The van der Waals surface area contributed by atoms with Crippen molar-refractivity contribution < 1.29 is 14.6 Å². The van der Waals surface area contributed by atoms with E-state index >= 15 is 0 Å². The highest BCUT2D eigenvalue weighted by Gasteiger charge is 2.29. The van der Waals surface area contributed by atoms with Crippen LogP contribution >= 0.6 is 15.9 Å². The predicted molar refractivity (Wildman–Crippen MR) is 76.2 cm³/mol. The standard InChI is InChI=1S/C14H18BrNO3/c1-9-3-4-11(15)5-13(9)14(18)16-6-10(2)19-12(7-16)8-17/h3-5,10,12,17H,6-8H2,1-2H3. The molecule has 19 heavy (non-hydrogen) atoms. The summed E-state index contributed by atoms with van der Waals surface area (Å²) in [6.45, 7) is 4.77. The number of carbonyl (C=O) groups excluding carboxylic acids is 1. The van der Waals surface area contributed by atoms with Crippen molar-refractivity contribution in [2.75, 3.05) is 19.7 Å². The number of hydrogen-bond acceptors (Lipinski definition) is 3. The molecule has 1 aliphatic heterocycles. The summed E-state index contributed by atoms with van der Waals surface area (Å²) in [5.41, 5.74) is 1.65. The number of aliphatic hydroxyl groups is 1. The van der Waals surface area contributed by atoms with Gasteiger partial charge in [-0.15, -0.1) is 0 Å². The number of carbonyl (C=O) groups is 1. The number of aryl methyl sites for hydroxylation is 1. The summed E-state index contributed by atoms with van der Waals surface area (Å²) in [4.78, 5) is 14.3. The summed E-state index contributed by atoms with van der Waals surface area (Å²) in [5.74, 6) is -0.00704. The molecule has 0 bridgehead atoms.